The fourth-order valence-electron chi connectivity index (χ4n) is 2.77. The second kappa shape index (κ2) is 8.72. The minimum Gasteiger partial charge on any atom is -0.368 e. The van der Waals surface area contributed by atoms with Gasteiger partial charge in [0.05, 0.1) is 21.8 Å². The third-order valence-corrected chi connectivity index (χ3v) is 4.72. The van der Waals surface area contributed by atoms with E-state index in [1.807, 2.05) is 0 Å². The van der Waals surface area contributed by atoms with Crippen LogP contribution < -0.4 is 11.1 Å². The fraction of sp³-hybridized carbons (Fsp3) is 0.200. The van der Waals surface area contributed by atoms with E-state index in [9.17, 15) is 26.3 Å². The first-order chi connectivity index (χ1) is 14.4. The third kappa shape index (κ3) is 5.65. The number of hydrogen-bond acceptors (Lipinski definition) is 4. The van der Waals surface area contributed by atoms with E-state index in [4.69, 9.17) is 17.3 Å². The predicted octanol–water partition coefficient (Wildman–Crippen LogP) is 5.95. The molecule has 0 aliphatic carbocycles. The molecule has 3 rings (SSSR count). The molecule has 0 unspecified atom stereocenters. The van der Waals surface area contributed by atoms with E-state index in [0.717, 1.165) is 24.3 Å². The van der Waals surface area contributed by atoms with Crippen LogP contribution in [0.15, 0.2) is 54.9 Å². The quantitative estimate of drug-likeness (QED) is 0.462. The minimum atomic E-state index is -4.57. The van der Waals surface area contributed by atoms with Crippen molar-refractivity contribution in [3.8, 4) is 11.3 Å². The van der Waals surface area contributed by atoms with Gasteiger partial charge in [0.25, 0.3) is 0 Å². The molecule has 1 atom stereocenters. The number of anilines is 1. The molecule has 0 fully saturated rings. The van der Waals surface area contributed by atoms with Gasteiger partial charge in [-0.2, -0.15) is 26.3 Å². The van der Waals surface area contributed by atoms with Crippen molar-refractivity contribution < 1.29 is 26.3 Å². The number of rotatable bonds is 5. The number of nitrogens with zero attached hydrogens (tertiary/aromatic N) is 2. The molecule has 11 heteroatoms. The van der Waals surface area contributed by atoms with Gasteiger partial charge in [0, 0.05) is 24.2 Å². The van der Waals surface area contributed by atoms with Gasteiger partial charge in [-0.1, -0.05) is 29.8 Å². The number of halogens is 7. The summed E-state index contributed by atoms with van der Waals surface area (Å²) in [5.41, 5.74) is 5.47. The van der Waals surface area contributed by atoms with Gasteiger partial charge in [-0.05, 0) is 29.8 Å². The number of benzene rings is 2. The van der Waals surface area contributed by atoms with Crippen LogP contribution in [0, 0.1) is 0 Å². The van der Waals surface area contributed by atoms with Gasteiger partial charge in [-0.3, -0.25) is 0 Å². The Morgan fingerprint density at radius 3 is 2.16 bits per heavy atom. The lowest BCUT2D eigenvalue weighted by molar-refractivity contribution is -0.138. The summed E-state index contributed by atoms with van der Waals surface area (Å²) < 4.78 is 76.5. The van der Waals surface area contributed by atoms with Crippen molar-refractivity contribution in [1.82, 2.24) is 9.97 Å². The van der Waals surface area contributed by atoms with Gasteiger partial charge in [0.2, 0.25) is 0 Å². The largest absolute Gasteiger partial charge is 0.417 e. The summed E-state index contributed by atoms with van der Waals surface area (Å²) in [4.78, 5) is 8.05. The van der Waals surface area contributed by atoms with Crippen LogP contribution in [0.2, 0.25) is 5.02 Å². The Balaban J connectivity index is 1.70. The van der Waals surface area contributed by atoms with Crippen LogP contribution in [0.4, 0.5) is 32.2 Å². The van der Waals surface area contributed by atoms with Crippen LogP contribution in [0.1, 0.15) is 22.7 Å². The molecule has 3 N–H and O–H groups in total. The average molecular weight is 461 g/mol. The van der Waals surface area contributed by atoms with Crippen LogP contribution in [-0.2, 0) is 12.4 Å². The molecule has 0 aliphatic rings. The highest BCUT2D eigenvalue weighted by Gasteiger charge is 2.33. The zero-order chi connectivity index (χ0) is 22.8. The molecular weight excluding hydrogens is 446 g/mol. The predicted molar refractivity (Wildman–Crippen MR) is 104 cm³/mol. The number of nitrogens with two attached hydrogens (primary N) is 1. The molecule has 1 aromatic heterocycles. The van der Waals surface area contributed by atoms with Crippen molar-refractivity contribution in [2.24, 2.45) is 5.73 Å². The summed E-state index contributed by atoms with van der Waals surface area (Å²) in [5.74, 6) is 0.336. The highest BCUT2D eigenvalue weighted by molar-refractivity contribution is 6.31. The van der Waals surface area contributed by atoms with Gasteiger partial charge in [0.1, 0.15) is 12.1 Å². The Bertz CT molecular complexity index is 1050. The smallest absolute Gasteiger partial charge is 0.368 e. The molecule has 4 nitrogen and oxygen atoms in total. The summed E-state index contributed by atoms with van der Waals surface area (Å²) in [5, 5.41) is 2.48. The normalized spacial score (nSPS) is 13.2. The molecular formula is C20H15ClF6N4. The molecule has 1 heterocycles. The Labute approximate surface area is 178 Å². The zero-order valence-electron chi connectivity index (χ0n) is 15.6. The molecule has 0 spiro atoms. The summed E-state index contributed by atoms with van der Waals surface area (Å²) in [7, 11) is 0. The Morgan fingerprint density at radius 1 is 0.903 bits per heavy atom. The third-order valence-electron chi connectivity index (χ3n) is 4.41. The molecule has 0 saturated carbocycles. The van der Waals surface area contributed by atoms with Crippen molar-refractivity contribution in [2.75, 3.05) is 11.9 Å². The summed E-state index contributed by atoms with van der Waals surface area (Å²) in [6.07, 6.45) is -7.78. The highest BCUT2D eigenvalue weighted by Crippen LogP contribution is 2.36. The van der Waals surface area contributed by atoms with Crippen LogP contribution in [0.25, 0.3) is 11.3 Å². The number of aromatic nitrogens is 2. The van der Waals surface area contributed by atoms with E-state index in [1.54, 1.807) is 0 Å². The van der Waals surface area contributed by atoms with Gasteiger partial charge in [-0.25, -0.2) is 9.97 Å². The number of alkyl halides is 6. The standard InChI is InChI=1S/C20H15ClF6N4/c21-15-7-12(3-6-14(15)20(25,26)27)17-8-18(31-10-30-17)29-9-16(28)11-1-4-13(5-2-11)19(22,23)24/h1-8,10,16H,9,28H2,(H,29,30,31)/t16-/m1/s1. The monoisotopic (exact) mass is 460 g/mol. The summed E-state index contributed by atoms with van der Waals surface area (Å²) >= 11 is 5.75. The molecule has 0 aliphatic heterocycles. The lowest BCUT2D eigenvalue weighted by atomic mass is 10.1. The van der Waals surface area contributed by atoms with E-state index in [0.29, 0.717) is 22.6 Å². The summed E-state index contributed by atoms with van der Waals surface area (Å²) in [6, 6.07) is 8.64. The minimum absolute atomic E-state index is 0.148. The van der Waals surface area contributed by atoms with Gasteiger partial charge >= 0.3 is 12.4 Å². The molecule has 3 aromatic rings. The average Bonchev–Trinajstić information content (AvgIpc) is 2.70. The van der Waals surface area contributed by atoms with Crippen LogP contribution in [0.5, 0.6) is 0 Å². The lowest BCUT2D eigenvalue weighted by Gasteiger charge is -2.15. The van der Waals surface area contributed by atoms with E-state index in [-0.39, 0.29) is 6.54 Å². The van der Waals surface area contributed by atoms with E-state index < -0.39 is 34.5 Å². The van der Waals surface area contributed by atoms with Crippen molar-refractivity contribution >= 4 is 17.4 Å². The second-order valence-electron chi connectivity index (χ2n) is 6.59. The maximum atomic E-state index is 12.9. The highest BCUT2D eigenvalue weighted by atomic mass is 35.5. The Morgan fingerprint density at radius 2 is 1.58 bits per heavy atom. The van der Waals surface area contributed by atoms with E-state index in [1.165, 1.54) is 30.6 Å². The lowest BCUT2D eigenvalue weighted by Crippen LogP contribution is -2.21. The molecule has 0 bridgehead atoms. The van der Waals surface area contributed by atoms with Crippen LogP contribution >= 0.6 is 11.6 Å². The van der Waals surface area contributed by atoms with E-state index >= 15 is 0 Å². The van der Waals surface area contributed by atoms with Crippen LogP contribution in [-0.4, -0.2) is 16.5 Å². The first-order valence-corrected chi connectivity index (χ1v) is 9.19. The molecule has 31 heavy (non-hydrogen) atoms. The Kier molecular flexibility index (Phi) is 6.42. The molecule has 0 amide bonds. The fourth-order valence-corrected chi connectivity index (χ4v) is 3.06. The molecule has 0 radical (unpaired) electrons. The van der Waals surface area contributed by atoms with Crippen molar-refractivity contribution in [2.45, 2.75) is 18.4 Å². The van der Waals surface area contributed by atoms with Crippen LogP contribution in [0.3, 0.4) is 0 Å². The zero-order valence-corrected chi connectivity index (χ0v) is 16.4. The molecule has 2 aromatic carbocycles. The van der Waals surface area contributed by atoms with Crippen molar-refractivity contribution in [3.05, 3.63) is 76.6 Å². The van der Waals surface area contributed by atoms with Crippen molar-refractivity contribution in [1.29, 1.82) is 0 Å². The topological polar surface area (TPSA) is 63.8 Å². The first kappa shape index (κ1) is 22.8. The Hall–Kier alpha value is -2.85. The van der Waals surface area contributed by atoms with Gasteiger partial charge in [0.15, 0.2) is 0 Å². The molecule has 0 saturated heterocycles. The number of hydrogen-bond donors (Lipinski definition) is 2. The summed E-state index contributed by atoms with van der Waals surface area (Å²) in [6.45, 7) is 0.148. The second-order valence-corrected chi connectivity index (χ2v) is 7.00. The maximum absolute atomic E-state index is 12.9. The SMILES string of the molecule is N[C@H](CNc1cc(-c2ccc(C(F)(F)F)c(Cl)c2)ncn1)c1ccc(C(F)(F)F)cc1. The van der Waals surface area contributed by atoms with E-state index in [2.05, 4.69) is 15.3 Å². The van der Waals surface area contributed by atoms with Gasteiger partial charge < -0.3 is 11.1 Å². The van der Waals surface area contributed by atoms with Crippen molar-refractivity contribution in [3.63, 3.8) is 0 Å². The van der Waals surface area contributed by atoms with Gasteiger partial charge in [-0.15, -0.1) is 0 Å². The molecule has 164 valence electrons. The first-order valence-electron chi connectivity index (χ1n) is 8.81. The maximum Gasteiger partial charge on any atom is 0.417 e. The number of nitrogens with one attached hydrogen (secondary N) is 1.